The molecule has 0 radical (unpaired) electrons. The fraction of sp³-hybridized carbons (Fsp3) is 0.875. The second-order valence-corrected chi connectivity index (χ2v) is 6.98. The van der Waals surface area contributed by atoms with Crippen LogP contribution in [0.2, 0.25) is 0 Å². The van der Waals surface area contributed by atoms with Crippen LogP contribution in [0.4, 0.5) is 0 Å². The molecule has 2 amide bonds. The number of ether oxygens (including phenoxy) is 1. The molecule has 0 aromatic rings. The van der Waals surface area contributed by atoms with Crippen molar-refractivity contribution in [2.45, 2.75) is 64.5 Å². The summed E-state index contributed by atoms with van der Waals surface area (Å²) in [6.07, 6.45) is 6.16. The van der Waals surface area contributed by atoms with Crippen molar-refractivity contribution in [3.63, 3.8) is 0 Å². The summed E-state index contributed by atoms with van der Waals surface area (Å²) in [5.41, 5.74) is -0.757. The van der Waals surface area contributed by atoms with Crippen molar-refractivity contribution in [3.8, 4) is 0 Å². The molecule has 3 atom stereocenters. The van der Waals surface area contributed by atoms with Gasteiger partial charge in [0.05, 0.1) is 6.10 Å². The van der Waals surface area contributed by atoms with Crippen LogP contribution >= 0.6 is 0 Å². The number of carbonyl (C=O) groups is 2. The zero-order chi connectivity index (χ0) is 15.1. The van der Waals surface area contributed by atoms with Gasteiger partial charge in [-0.2, -0.15) is 0 Å². The highest BCUT2D eigenvalue weighted by molar-refractivity contribution is 6.05. The summed E-state index contributed by atoms with van der Waals surface area (Å²) < 4.78 is 5.81. The average molecular weight is 294 g/mol. The predicted molar refractivity (Wildman–Crippen MR) is 78.6 cm³/mol. The van der Waals surface area contributed by atoms with Crippen molar-refractivity contribution in [3.05, 3.63) is 0 Å². The Morgan fingerprint density at radius 1 is 1.38 bits per heavy atom. The van der Waals surface area contributed by atoms with Crippen LogP contribution < -0.4 is 10.6 Å². The third-order valence-electron chi connectivity index (χ3n) is 5.88. The highest BCUT2D eigenvalue weighted by Gasteiger charge is 2.60. The molecule has 5 heteroatoms. The van der Waals surface area contributed by atoms with E-state index in [2.05, 4.69) is 10.6 Å². The number of amides is 2. The molecule has 0 unspecified atom stereocenters. The molecule has 1 spiro atoms. The lowest BCUT2D eigenvalue weighted by atomic mass is 9.51. The molecule has 0 bridgehead atoms. The Bertz CT molecular complexity index is 447. The third kappa shape index (κ3) is 2.17. The Balaban J connectivity index is 1.64. The molecular formula is C16H26N2O3. The fourth-order valence-electron chi connectivity index (χ4n) is 4.13. The van der Waals surface area contributed by atoms with Gasteiger partial charge in [-0.3, -0.25) is 9.59 Å². The summed E-state index contributed by atoms with van der Waals surface area (Å²) in [4.78, 5) is 24.7. The van der Waals surface area contributed by atoms with Gasteiger partial charge in [-0.25, -0.2) is 0 Å². The lowest BCUT2D eigenvalue weighted by molar-refractivity contribution is -0.178. The van der Waals surface area contributed by atoms with Gasteiger partial charge in [-0.15, -0.1) is 0 Å². The Morgan fingerprint density at radius 2 is 2.14 bits per heavy atom. The Morgan fingerprint density at radius 3 is 2.71 bits per heavy atom. The Hall–Kier alpha value is -1.10. The molecule has 2 N–H and O–H groups in total. The molecule has 118 valence electrons. The van der Waals surface area contributed by atoms with Gasteiger partial charge in [-0.05, 0) is 46.0 Å². The molecule has 1 saturated heterocycles. The van der Waals surface area contributed by atoms with Crippen LogP contribution in [0.3, 0.4) is 0 Å². The maximum absolute atomic E-state index is 12.6. The Labute approximate surface area is 126 Å². The highest BCUT2D eigenvalue weighted by atomic mass is 16.5. The van der Waals surface area contributed by atoms with Gasteiger partial charge < -0.3 is 15.4 Å². The van der Waals surface area contributed by atoms with Gasteiger partial charge in [0.15, 0.2) is 0 Å². The maximum atomic E-state index is 12.6. The lowest BCUT2D eigenvalue weighted by Gasteiger charge is -2.61. The van der Waals surface area contributed by atoms with Gasteiger partial charge in [0.25, 0.3) is 0 Å². The van der Waals surface area contributed by atoms with Gasteiger partial charge in [-0.1, -0.05) is 6.42 Å². The molecule has 2 saturated carbocycles. The zero-order valence-corrected chi connectivity index (χ0v) is 13.0. The van der Waals surface area contributed by atoms with E-state index in [1.165, 1.54) is 6.42 Å². The number of carbonyl (C=O) groups excluding carboxylic acids is 2. The van der Waals surface area contributed by atoms with Crippen molar-refractivity contribution in [2.75, 3.05) is 13.2 Å². The number of hydrogen-bond donors (Lipinski definition) is 2. The Kier molecular flexibility index (Phi) is 3.72. The summed E-state index contributed by atoms with van der Waals surface area (Å²) in [6.45, 7) is 5.20. The van der Waals surface area contributed by atoms with E-state index in [0.717, 1.165) is 32.3 Å². The molecule has 2 aliphatic carbocycles. The summed E-state index contributed by atoms with van der Waals surface area (Å²) in [6, 6.07) is 0.182. The van der Waals surface area contributed by atoms with E-state index in [-0.39, 0.29) is 29.4 Å². The summed E-state index contributed by atoms with van der Waals surface area (Å²) in [5.74, 6) is -0.236. The zero-order valence-electron chi connectivity index (χ0n) is 13.0. The first kappa shape index (κ1) is 14.8. The third-order valence-corrected chi connectivity index (χ3v) is 5.88. The molecule has 3 fully saturated rings. The van der Waals surface area contributed by atoms with Gasteiger partial charge in [0, 0.05) is 24.6 Å². The monoisotopic (exact) mass is 294 g/mol. The number of piperidine rings is 1. The van der Waals surface area contributed by atoms with Gasteiger partial charge >= 0.3 is 0 Å². The van der Waals surface area contributed by atoms with Gasteiger partial charge in [0.1, 0.15) is 5.41 Å². The van der Waals surface area contributed by atoms with E-state index in [0.29, 0.717) is 13.0 Å². The summed E-state index contributed by atoms with van der Waals surface area (Å²) >= 11 is 0. The van der Waals surface area contributed by atoms with Crippen LogP contribution in [0, 0.1) is 10.8 Å². The first-order valence-corrected chi connectivity index (χ1v) is 8.24. The average Bonchev–Trinajstić information content (AvgIpc) is 2.38. The first-order valence-electron chi connectivity index (χ1n) is 8.24. The topological polar surface area (TPSA) is 67.4 Å². The van der Waals surface area contributed by atoms with Crippen molar-refractivity contribution >= 4 is 11.8 Å². The highest BCUT2D eigenvalue weighted by Crippen LogP contribution is 2.57. The largest absolute Gasteiger partial charge is 0.378 e. The standard InChI is InChI=1S/C16H26N2O3/c1-3-21-12-10-11(16(12)7-4-8-16)18-14(20)15(2)6-5-9-17-13(15)19/h11-12H,3-10H2,1-2H3,(H,17,19)(H,18,20)/t11-,12-,15+/m1/s1. The number of nitrogens with one attached hydrogen (secondary N) is 2. The van der Waals surface area contributed by atoms with Crippen LogP contribution in [0.25, 0.3) is 0 Å². The fourth-order valence-corrected chi connectivity index (χ4v) is 4.13. The van der Waals surface area contributed by atoms with Crippen LogP contribution in [0.1, 0.15) is 52.4 Å². The van der Waals surface area contributed by atoms with E-state index in [1.54, 1.807) is 6.92 Å². The van der Waals surface area contributed by atoms with E-state index < -0.39 is 5.41 Å². The second kappa shape index (κ2) is 5.27. The maximum Gasteiger partial charge on any atom is 0.235 e. The minimum Gasteiger partial charge on any atom is -0.378 e. The molecular weight excluding hydrogens is 268 g/mol. The van der Waals surface area contributed by atoms with E-state index >= 15 is 0 Å². The lowest BCUT2D eigenvalue weighted by Crippen LogP contribution is -2.69. The van der Waals surface area contributed by atoms with Crippen molar-refractivity contribution < 1.29 is 14.3 Å². The molecule has 3 aliphatic rings. The van der Waals surface area contributed by atoms with Crippen molar-refractivity contribution in [1.29, 1.82) is 0 Å². The molecule has 0 aromatic carbocycles. The number of rotatable bonds is 4. The molecule has 0 aromatic heterocycles. The molecule has 1 aliphatic heterocycles. The van der Waals surface area contributed by atoms with Crippen molar-refractivity contribution in [2.24, 2.45) is 10.8 Å². The van der Waals surface area contributed by atoms with Gasteiger partial charge in [0.2, 0.25) is 11.8 Å². The SMILES string of the molecule is CCO[C@@H]1C[C@@H](NC(=O)[C@@]2(C)CCCNC2=O)C12CCC2. The van der Waals surface area contributed by atoms with Crippen molar-refractivity contribution in [1.82, 2.24) is 10.6 Å². The quantitative estimate of drug-likeness (QED) is 0.770. The predicted octanol–water partition coefficient (Wildman–Crippen LogP) is 1.37. The summed E-state index contributed by atoms with van der Waals surface area (Å²) in [5, 5.41) is 5.97. The second-order valence-electron chi connectivity index (χ2n) is 6.98. The molecule has 21 heavy (non-hydrogen) atoms. The normalized spacial score (nSPS) is 37.3. The molecule has 1 heterocycles. The van der Waals surface area contributed by atoms with E-state index in [4.69, 9.17) is 4.74 Å². The van der Waals surface area contributed by atoms with Crippen LogP contribution in [0.15, 0.2) is 0 Å². The summed E-state index contributed by atoms with van der Waals surface area (Å²) in [7, 11) is 0. The molecule has 5 nitrogen and oxygen atoms in total. The van der Waals surface area contributed by atoms with E-state index in [1.807, 2.05) is 6.92 Å². The van der Waals surface area contributed by atoms with E-state index in [9.17, 15) is 9.59 Å². The minimum atomic E-state index is -0.903. The minimum absolute atomic E-state index is 0.106. The smallest absolute Gasteiger partial charge is 0.235 e. The van der Waals surface area contributed by atoms with Crippen LogP contribution in [-0.4, -0.2) is 37.1 Å². The first-order chi connectivity index (χ1) is 10.0. The van der Waals surface area contributed by atoms with Crippen LogP contribution in [0.5, 0.6) is 0 Å². The molecule has 3 rings (SSSR count). The number of hydrogen-bond acceptors (Lipinski definition) is 3. The van der Waals surface area contributed by atoms with Crippen LogP contribution in [-0.2, 0) is 14.3 Å².